The third kappa shape index (κ3) is 2.79. The molecule has 3 rings (SSSR count). The van der Waals surface area contributed by atoms with E-state index in [4.69, 9.17) is 4.74 Å². The van der Waals surface area contributed by atoms with Crippen molar-refractivity contribution >= 4 is 11.7 Å². The molecule has 2 aliphatic heterocycles. The monoisotopic (exact) mass is 305 g/mol. The highest BCUT2D eigenvalue weighted by Gasteiger charge is 2.46. The molecule has 1 N–H and O–H groups in total. The van der Waals surface area contributed by atoms with Gasteiger partial charge in [-0.1, -0.05) is 13.8 Å². The quantitative estimate of drug-likeness (QED) is 0.920. The fraction of sp³-hybridized carbons (Fsp3) is 0.688. The summed E-state index contributed by atoms with van der Waals surface area (Å²) in [5.74, 6) is 0.356. The number of piperidine rings is 1. The number of ketones is 1. The average Bonchev–Trinajstić information content (AvgIpc) is 3.11. The molecule has 1 spiro atoms. The van der Waals surface area contributed by atoms with Crippen molar-refractivity contribution in [1.29, 1.82) is 0 Å². The van der Waals surface area contributed by atoms with Crippen molar-refractivity contribution in [3.63, 3.8) is 0 Å². The van der Waals surface area contributed by atoms with Crippen LogP contribution in [0.15, 0.2) is 6.07 Å². The molecule has 0 aromatic carbocycles. The van der Waals surface area contributed by atoms with Gasteiger partial charge >= 0.3 is 0 Å². The second-order valence-corrected chi connectivity index (χ2v) is 6.72. The van der Waals surface area contributed by atoms with Gasteiger partial charge in [0.2, 0.25) is 0 Å². The molecule has 1 aromatic rings. The van der Waals surface area contributed by atoms with Crippen LogP contribution in [0.25, 0.3) is 0 Å². The number of aromatic nitrogens is 2. The Bertz CT molecular complexity index is 573. The molecule has 6 nitrogen and oxygen atoms in total. The van der Waals surface area contributed by atoms with Crippen LogP contribution in [-0.4, -0.2) is 52.1 Å². The lowest BCUT2D eigenvalue weighted by atomic mass is 9.87. The number of ether oxygens (including phenoxy) is 1. The van der Waals surface area contributed by atoms with Crippen LogP contribution in [-0.2, 0) is 16.0 Å². The number of hydrogen-bond acceptors (Lipinski definition) is 4. The minimum Gasteiger partial charge on any atom is -0.367 e. The van der Waals surface area contributed by atoms with Crippen LogP contribution in [0.3, 0.4) is 0 Å². The highest BCUT2D eigenvalue weighted by molar-refractivity contribution is 5.98. The maximum atomic E-state index is 12.5. The Balaban J connectivity index is 1.66. The molecule has 6 heteroatoms. The van der Waals surface area contributed by atoms with Gasteiger partial charge in [-0.25, -0.2) is 0 Å². The minimum atomic E-state index is -0.620. The highest BCUT2D eigenvalue weighted by Crippen LogP contribution is 2.33. The average molecular weight is 305 g/mol. The van der Waals surface area contributed by atoms with Gasteiger partial charge in [0.1, 0.15) is 11.3 Å². The Labute approximate surface area is 130 Å². The third-order valence-corrected chi connectivity index (χ3v) is 4.50. The van der Waals surface area contributed by atoms with Gasteiger partial charge in [0.05, 0.1) is 6.54 Å². The van der Waals surface area contributed by atoms with Crippen molar-refractivity contribution in [2.45, 2.75) is 45.1 Å². The van der Waals surface area contributed by atoms with E-state index in [1.54, 1.807) is 11.0 Å². The molecule has 3 heterocycles. The minimum absolute atomic E-state index is 0.0301. The van der Waals surface area contributed by atoms with Crippen molar-refractivity contribution in [3.05, 3.63) is 17.5 Å². The van der Waals surface area contributed by atoms with Gasteiger partial charge in [0.25, 0.3) is 5.91 Å². The van der Waals surface area contributed by atoms with E-state index in [-0.39, 0.29) is 18.2 Å². The molecule has 1 atom stereocenters. The van der Waals surface area contributed by atoms with Crippen LogP contribution in [0.4, 0.5) is 0 Å². The predicted octanol–water partition coefficient (Wildman–Crippen LogP) is 1.57. The molecule has 120 valence electrons. The van der Waals surface area contributed by atoms with Crippen molar-refractivity contribution < 1.29 is 14.3 Å². The Morgan fingerprint density at radius 2 is 2.32 bits per heavy atom. The number of Topliss-reactive ketones (excluding diaryl/α,β-unsaturated/α-hetero) is 1. The second kappa shape index (κ2) is 5.83. The molecule has 2 aliphatic rings. The molecule has 2 fully saturated rings. The van der Waals surface area contributed by atoms with E-state index in [0.717, 1.165) is 25.0 Å². The van der Waals surface area contributed by atoms with Crippen molar-refractivity contribution in [1.82, 2.24) is 15.1 Å². The number of hydrogen-bond donors (Lipinski definition) is 1. The molecule has 22 heavy (non-hydrogen) atoms. The molecule has 1 unspecified atom stereocenters. The summed E-state index contributed by atoms with van der Waals surface area (Å²) in [4.78, 5) is 26.5. The fourth-order valence-corrected chi connectivity index (χ4v) is 3.32. The van der Waals surface area contributed by atoms with Gasteiger partial charge in [0.15, 0.2) is 5.78 Å². The van der Waals surface area contributed by atoms with Crippen LogP contribution in [0.2, 0.25) is 0 Å². The SMILES string of the molecule is CC(C)Cc1cc(C(=O)N2CCC3(CCCO3)C(=O)C2)n[nH]1. The topological polar surface area (TPSA) is 75.3 Å². The zero-order valence-corrected chi connectivity index (χ0v) is 13.2. The van der Waals surface area contributed by atoms with Gasteiger partial charge < -0.3 is 9.64 Å². The van der Waals surface area contributed by atoms with E-state index >= 15 is 0 Å². The molecular weight excluding hydrogens is 282 g/mol. The smallest absolute Gasteiger partial charge is 0.274 e. The van der Waals surface area contributed by atoms with Gasteiger partial charge in [-0.3, -0.25) is 14.7 Å². The summed E-state index contributed by atoms with van der Waals surface area (Å²) in [5, 5.41) is 7.01. The van der Waals surface area contributed by atoms with Crippen LogP contribution in [0.5, 0.6) is 0 Å². The molecule has 0 radical (unpaired) electrons. The zero-order chi connectivity index (χ0) is 15.7. The number of aromatic amines is 1. The van der Waals surface area contributed by atoms with Crippen LogP contribution in [0.1, 0.15) is 49.3 Å². The number of carbonyl (C=O) groups is 2. The van der Waals surface area contributed by atoms with E-state index in [2.05, 4.69) is 24.0 Å². The number of nitrogens with zero attached hydrogens (tertiary/aromatic N) is 2. The van der Waals surface area contributed by atoms with Gasteiger partial charge in [-0.2, -0.15) is 5.10 Å². The molecule has 2 saturated heterocycles. The molecule has 0 aliphatic carbocycles. The summed E-state index contributed by atoms with van der Waals surface area (Å²) in [6.07, 6.45) is 3.17. The van der Waals surface area contributed by atoms with E-state index in [0.29, 0.717) is 31.2 Å². The Morgan fingerprint density at radius 3 is 2.95 bits per heavy atom. The van der Waals surface area contributed by atoms with Crippen molar-refractivity contribution in [2.75, 3.05) is 19.7 Å². The summed E-state index contributed by atoms with van der Waals surface area (Å²) in [7, 11) is 0. The first-order chi connectivity index (χ1) is 10.5. The predicted molar refractivity (Wildman–Crippen MR) is 80.6 cm³/mol. The number of rotatable bonds is 3. The lowest BCUT2D eigenvalue weighted by molar-refractivity contribution is -0.144. The fourth-order valence-electron chi connectivity index (χ4n) is 3.32. The number of H-pyrrole nitrogens is 1. The van der Waals surface area contributed by atoms with Gasteiger partial charge in [-0.15, -0.1) is 0 Å². The van der Waals surface area contributed by atoms with E-state index in [1.807, 2.05) is 0 Å². The first-order valence-corrected chi connectivity index (χ1v) is 8.01. The first-order valence-electron chi connectivity index (χ1n) is 8.01. The molecule has 0 bridgehead atoms. The maximum Gasteiger partial charge on any atom is 0.274 e. The van der Waals surface area contributed by atoms with Crippen LogP contribution in [0, 0.1) is 5.92 Å². The second-order valence-electron chi connectivity index (χ2n) is 6.72. The molecular formula is C16H23N3O3. The number of carbonyl (C=O) groups excluding carboxylic acids is 2. The zero-order valence-electron chi connectivity index (χ0n) is 13.2. The third-order valence-electron chi connectivity index (χ3n) is 4.50. The first kappa shape index (κ1) is 15.2. The largest absolute Gasteiger partial charge is 0.367 e. The van der Waals surface area contributed by atoms with E-state index in [1.165, 1.54) is 0 Å². The van der Waals surface area contributed by atoms with Crippen molar-refractivity contribution in [2.24, 2.45) is 5.92 Å². The van der Waals surface area contributed by atoms with Crippen LogP contribution < -0.4 is 0 Å². The van der Waals surface area contributed by atoms with E-state index < -0.39 is 5.60 Å². The molecule has 1 amide bonds. The number of likely N-dealkylation sites (tertiary alicyclic amines) is 1. The maximum absolute atomic E-state index is 12.5. The normalized spacial score (nSPS) is 25.4. The highest BCUT2D eigenvalue weighted by atomic mass is 16.5. The van der Waals surface area contributed by atoms with Crippen molar-refractivity contribution in [3.8, 4) is 0 Å². The Kier molecular flexibility index (Phi) is 4.04. The summed E-state index contributed by atoms with van der Waals surface area (Å²) in [5.41, 5.74) is 0.731. The number of amides is 1. The van der Waals surface area contributed by atoms with Gasteiger partial charge in [0, 0.05) is 25.3 Å². The molecule has 1 aromatic heterocycles. The summed E-state index contributed by atoms with van der Waals surface area (Å²) in [6, 6.07) is 1.79. The van der Waals surface area contributed by atoms with E-state index in [9.17, 15) is 9.59 Å². The summed E-state index contributed by atoms with van der Waals surface area (Å²) >= 11 is 0. The molecule has 0 saturated carbocycles. The summed E-state index contributed by atoms with van der Waals surface area (Å²) in [6.45, 7) is 5.57. The van der Waals surface area contributed by atoms with Gasteiger partial charge in [-0.05, 0) is 31.2 Å². The number of nitrogens with one attached hydrogen (secondary N) is 1. The Morgan fingerprint density at radius 1 is 1.50 bits per heavy atom. The lowest BCUT2D eigenvalue weighted by Crippen LogP contribution is -2.53. The summed E-state index contributed by atoms with van der Waals surface area (Å²) < 4.78 is 5.67. The Hall–Kier alpha value is -1.69. The van der Waals surface area contributed by atoms with Crippen LogP contribution >= 0.6 is 0 Å². The lowest BCUT2D eigenvalue weighted by Gasteiger charge is -2.36. The standard InChI is InChI=1S/C16H23N3O3/c1-11(2)8-12-9-13(18-17-12)15(21)19-6-5-16(14(20)10-19)4-3-7-22-16/h9,11H,3-8,10H2,1-2H3,(H,17,18).